The van der Waals surface area contributed by atoms with Gasteiger partial charge in [0.2, 0.25) is 0 Å². The molecule has 5 heteroatoms. The predicted octanol–water partition coefficient (Wildman–Crippen LogP) is 2.87. The van der Waals surface area contributed by atoms with E-state index >= 15 is 0 Å². The first-order chi connectivity index (χ1) is 7.45. The molecule has 1 N–H and O–H groups in total. The SMILES string of the molecule is COC(C)C(=O)Nc1cc(Br)c(F)cc1C. The van der Waals surface area contributed by atoms with Gasteiger partial charge in [0.15, 0.2) is 0 Å². The first-order valence-electron chi connectivity index (χ1n) is 4.75. The van der Waals surface area contributed by atoms with Crippen LogP contribution in [0.15, 0.2) is 16.6 Å². The molecule has 0 heterocycles. The third-order valence-electron chi connectivity index (χ3n) is 2.25. The number of methoxy groups -OCH3 is 1. The van der Waals surface area contributed by atoms with Gasteiger partial charge >= 0.3 is 0 Å². The molecule has 1 atom stereocenters. The maximum absolute atomic E-state index is 13.1. The zero-order valence-electron chi connectivity index (χ0n) is 9.30. The van der Waals surface area contributed by atoms with Gasteiger partial charge in [-0.2, -0.15) is 0 Å². The number of aryl methyl sites for hydroxylation is 1. The monoisotopic (exact) mass is 289 g/mol. The molecule has 0 aliphatic rings. The van der Waals surface area contributed by atoms with Gasteiger partial charge in [-0.3, -0.25) is 4.79 Å². The van der Waals surface area contributed by atoms with Crippen LogP contribution in [-0.4, -0.2) is 19.1 Å². The topological polar surface area (TPSA) is 38.3 Å². The lowest BCUT2D eigenvalue weighted by Gasteiger charge is -2.13. The number of anilines is 1. The summed E-state index contributed by atoms with van der Waals surface area (Å²) in [5.74, 6) is -0.612. The average Bonchev–Trinajstić information content (AvgIpc) is 2.24. The van der Waals surface area contributed by atoms with Gasteiger partial charge in [0.05, 0.1) is 4.47 Å². The summed E-state index contributed by atoms with van der Waals surface area (Å²) < 4.78 is 18.3. The number of nitrogens with one attached hydrogen (secondary N) is 1. The fourth-order valence-corrected chi connectivity index (χ4v) is 1.47. The molecule has 0 radical (unpaired) electrons. The van der Waals surface area contributed by atoms with Crippen LogP contribution in [0.3, 0.4) is 0 Å². The third-order valence-corrected chi connectivity index (χ3v) is 2.86. The molecule has 0 fully saturated rings. The average molecular weight is 290 g/mol. The van der Waals surface area contributed by atoms with Crippen LogP contribution in [0.1, 0.15) is 12.5 Å². The first kappa shape index (κ1) is 13.1. The summed E-state index contributed by atoms with van der Waals surface area (Å²) in [6.45, 7) is 3.37. The summed E-state index contributed by atoms with van der Waals surface area (Å²) in [5, 5.41) is 2.67. The Bertz CT molecular complexity index is 409. The van der Waals surface area contributed by atoms with E-state index in [-0.39, 0.29) is 11.7 Å². The Balaban J connectivity index is 2.90. The molecule has 1 aromatic carbocycles. The summed E-state index contributed by atoms with van der Waals surface area (Å²) in [4.78, 5) is 11.5. The molecule has 16 heavy (non-hydrogen) atoms. The first-order valence-corrected chi connectivity index (χ1v) is 5.54. The Kier molecular flexibility index (Phi) is 4.44. The van der Waals surface area contributed by atoms with Crippen molar-refractivity contribution in [2.75, 3.05) is 12.4 Å². The lowest BCUT2D eigenvalue weighted by atomic mass is 10.2. The van der Waals surface area contributed by atoms with E-state index in [1.807, 2.05) is 0 Å². The fourth-order valence-electron chi connectivity index (χ4n) is 1.12. The minimum Gasteiger partial charge on any atom is -0.372 e. The smallest absolute Gasteiger partial charge is 0.253 e. The van der Waals surface area contributed by atoms with Gasteiger partial charge in [0, 0.05) is 12.8 Å². The maximum atomic E-state index is 13.1. The molecular weight excluding hydrogens is 277 g/mol. The highest BCUT2D eigenvalue weighted by atomic mass is 79.9. The maximum Gasteiger partial charge on any atom is 0.253 e. The zero-order chi connectivity index (χ0) is 12.3. The van der Waals surface area contributed by atoms with Crippen molar-refractivity contribution in [3.8, 4) is 0 Å². The second kappa shape index (κ2) is 5.41. The molecule has 0 spiro atoms. The molecule has 1 unspecified atom stereocenters. The largest absolute Gasteiger partial charge is 0.372 e. The molecule has 0 saturated carbocycles. The Hall–Kier alpha value is -0.940. The van der Waals surface area contributed by atoms with E-state index < -0.39 is 6.10 Å². The van der Waals surface area contributed by atoms with Crippen LogP contribution in [0, 0.1) is 12.7 Å². The Morgan fingerprint density at radius 1 is 1.56 bits per heavy atom. The van der Waals surface area contributed by atoms with E-state index in [4.69, 9.17) is 4.74 Å². The lowest BCUT2D eigenvalue weighted by Crippen LogP contribution is -2.26. The molecule has 0 aliphatic heterocycles. The van der Waals surface area contributed by atoms with E-state index in [1.165, 1.54) is 19.2 Å². The van der Waals surface area contributed by atoms with Crippen LogP contribution in [0.5, 0.6) is 0 Å². The number of amides is 1. The van der Waals surface area contributed by atoms with Gasteiger partial charge in [0.25, 0.3) is 5.91 Å². The minimum absolute atomic E-state index is 0.260. The number of rotatable bonds is 3. The summed E-state index contributed by atoms with van der Waals surface area (Å²) in [6, 6.07) is 2.89. The zero-order valence-corrected chi connectivity index (χ0v) is 10.9. The molecule has 0 bridgehead atoms. The van der Waals surface area contributed by atoms with Crippen LogP contribution in [0.2, 0.25) is 0 Å². The summed E-state index contributed by atoms with van der Waals surface area (Å²) in [6.07, 6.45) is -0.539. The molecule has 3 nitrogen and oxygen atoms in total. The number of carbonyl (C=O) groups is 1. The van der Waals surface area contributed by atoms with Crippen LogP contribution in [0.4, 0.5) is 10.1 Å². The number of carbonyl (C=O) groups excluding carboxylic acids is 1. The summed E-state index contributed by atoms with van der Waals surface area (Å²) in [7, 11) is 1.46. The number of halogens is 2. The number of hydrogen-bond donors (Lipinski definition) is 1. The molecule has 1 amide bonds. The fraction of sp³-hybridized carbons (Fsp3) is 0.364. The molecule has 0 aliphatic carbocycles. The standard InChI is InChI=1S/C11H13BrFNO2/c1-6-4-9(13)8(12)5-10(6)14-11(15)7(2)16-3/h4-5,7H,1-3H3,(H,14,15). The predicted molar refractivity (Wildman–Crippen MR) is 63.9 cm³/mol. The van der Waals surface area contributed by atoms with Crippen LogP contribution in [-0.2, 0) is 9.53 Å². The minimum atomic E-state index is -0.539. The van der Waals surface area contributed by atoms with Crippen LogP contribution >= 0.6 is 15.9 Å². The van der Waals surface area contributed by atoms with Crippen molar-refractivity contribution in [2.24, 2.45) is 0 Å². The van der Waals surface area contributed by atoms with Gasteiger partial charge in [-0.15, -0.1) is 0 Å². The summed E-state index contributed by atoms with van der Waals surface area (Å²) in [5.41, 5.74) is 1.24. The van der Waals surface area contributed by atoms with Crippen molar-refractivity contribution < 1.29 is 13.9 Å². The normalized spacial score (nSPS) is 12.3. The van der Waals surface area contributed by atoms with Gasteiger partial charge in [0.1, 0.15) is 11.9 Å². The van der Waals surface area contributed by atoms with E-state index in [0.29, 0.717) is 15.7 Å². The Morgan fingerprint density at radius 2 is 2.19 bits per heavy atom. The van der Waals surface area contributed by atoms with Crippen molar-refractivity contribution in [3.63, 3.8) is 0 Å². The molecular formula is C11H13BrFNO2. The molecule has 88 valence electrons. The summed E-state index contributed by atoms with van der Waals surface area (Å²) >= 11 is 3.07. The molecule has 0 saturated heterocycles. The van der Waals surface area contributed by atoms with Gasteiger partial charge < -0.3 is 10.1 Å². The Labute approximate surface area is 102 Å². The second-order valence-electron chi connectivity index (χ2n) is 3.45. The van der Waals surface area contributed by atoms with Gasteiger partial charge in [-0.05, 0) is 47.5 Å². The highest BCUT2D eigenvalue weighted by Crippen LogP contribution is 2.24. The van der Waals surface area contributed by atoms with Gasteiger partial charge in [-0.25, -0.2) is 4.39 Å². The van der Waals surface area contributed by atoms with Crippen LogP contribution in [0.25, 0.3) is 0 Å². The molecule has 1 rings (SSSR count). The Morgan fingerprint density at radius 3 is 2.75 bits per heavy atom. The molecule has 1 aromatic rings. The third kappa shape index (κ3) is 3.02. The van der Waals surface area contributed by atoms with E-state index in [9.17, 15) is 9.18 Å². The lowest BCUT2D eigenvalue weighted by molar-refractivity contribution is -0.124. The quantitative estimate of drug-likeness (QED) is 0.929. The van der Waals surface area contributed by atoms with Crippen molar-refractivity contribution in [1.82, 2.24) is 0 Å². The highest BCUT2D eigenvalue weighted by molar-refractivity contribution is 9.10. The van der Waals surface area contributed by atoms with Gasteiger partial charge in [-0.1, -0.05) is 0 Å². The number of ether oxygens (including phenoxy) is 1. The second-order valence-corrected chi connectivity index (χ2v) is 4.30. The number of hydrogen-bond acceptors (Lipinski definition) is 2. The van der Waals surface area contributed by atoms with Crippen molar-refractivity contribution in [1.29, 1.82) is 0 Å². The van der Waals surface area contributed by atoms with Crippen molar-refractivity contribution in [3.05, 3.63) is 28.0 Å². The van der Waals surface area contributed by atoms with E-state index in [1.54, 1.807) is 13.8 Å². The van der Waals surface area contributed by atoms with E-state index in [0.717, 1.165) is 0 Å². The van der Waals surface area contributed by atoms with E-state index in [2.05, 4.69) is 21.2 Å². The van der Waals surface area contributed by atoms with Crippen molar-refractivity contribution >= 4 is 27.5 Å². The van der Waals surface area contributed by atoms with Crippen LogP contribution < -0.4 is 5.32 Å². The van der Waals surface area contributed by atoms with Crippen molar-refractivity contribution in [2.45, 2.75) is 20.0 Å². The highest BCUT2D eigenvalue weighted by Gasteiger charge is 2.13. The molecule has 0 aromatic heterocycles. The number of benzene rings is 1.